The number of aromatic carboxylic acids is 1. The van der Waals surface area contributed by atoms with Gasteiger partial charge < -0.3 is 10.4 Å². The van der Waals surface area contributed by atoms with Crippen LogP contribution in [0.15, 0.2) is 42.5 Å². The van der Waals surface area contributed by atoms with Crippen molar-refractivity contribution < 1.29 is 14.8 Å². The number of halogens is 1. The van der Waals surface area contributed by atoms with Gasteiger partial charge in [-0.05, 0) is 18.2 Å². The first-order valence-electron chi connectivity index (χ1n) is 5.98. The average Bonchev–Trinajstić information content (AvgIpc) is 2.46. The number of carboxylic acid groups (broad SMARTS) is 1. The first-order chi connectivity index (χ1) is 9.99. The zero-order valence-corrected chi connectivity index (χ0v) is 11.5. The zero-order chi connectivity index (χ0) is 15.4. The van der Waals surface area contributed by atoms with Crippen molar-refractivity contribution in [3.63, 3.8) is 0 Å². The number of carboxylic acids is 1. The predicted octanol–water partition coefficient (Wildman–Crippen LogP) is 3.56. The van der Waals surface area contributed by atoms with E-state index in [1.165, 1.54) is 18.2 Å². The van der Waals surface area contributed by atoms with Crippen molar-refractivity contribution in [3.05, 3.63) is 68.7 Å². The first-order valence-corrected chi connectivity index (χ1v) is 6.36. The van der Waals surface area contributed by atoms with Gasteiger partial charge in [0.05, 0.1) is 10.5 Å². The van der Waals surface area contributed by atoms with E-state index in [1.807, 2.05) is 0 Å². The Morgan fingerprint density at radius 3 is 2.67 bits per heavy atom. The number of nitrogens with zero attached hydrogens (tertiary/aromatic N) is 1. The van der Waals surface area contributed by atoms with E-state index in [-0.39, 0.29) is 17.8 Å². The molecule has 0 spiro atoms. The van der Waals surface area contributed by atoms with Crippen LogP contribution in [0, 0.1) is 10.1 Å². The maximum absolute atomic E-state index is 11.2. The fraction of sp³-hybridized carbons (Fsp3) is 0.0714. The van der Waals surface area contributed by atoms with Crippen LogP contribution < -0.4 is 5.32 Å². The summed E-state index contributed by atoms with van der Waals surface area (Å²) in [5, 5.41) is 23.2. The minimum absolute atomic E-state index is 0.0149. The molecule has 2 aromatic rings. The number of hydrogen-bond donors (Lipinski definition) is 2. The van der Waals surface area contributed by atoms with Crippen LogP contribution in [0.5, 0.6) is 0 Å². The summed E-state index contributed by atoms with van der Waals surface area (Å²) in [5.41, 5.74) is 0.816. The first kappa shape index (κ1) is 14.8. The molecule has 7 heteroatoms. The number of carbonyl (C=O) groups is 1. The van der Waals surface area contributed by atoms with Gasteiger partial charge in [0.1, 0.15) is 0 Å². The molecule has 6 nitrogen and oxygen atoms in total. The minimum Gasteiger partial charge on any atom is -0.478 e. The van der Waals surface area contributed by atoms with Crippen molar-refractivity contribution in [3.8, 4) is 0 Å². The van der Waals surface area contributed by atoms with Crippen molar-refractivity contribution >= 4 is 28.9 Å². The van der Waals surface area contributed by atoms with Crippen LogP contribution in [0.2, 0.25) is 5.02 Å². The van der Waals surface area contributed by atoms with Gasteiger partial charge in [-0.3, -0.25) is 10.1 Å². The summed E-state index contributed by atoms with van der Waals surface area (Å²) in [4.78, 5) is 21.6. The molecule has 2 rings (SSSR count). The number of nitrogens with one attached hydrogen (secondary N) is 1. The largest absolute Gasteiger partial charge is 0.478 e. The summed E-state index contributed by atoms with van der Waals surface area (Å²) in [6, 6.07) is 10.7. The van der Waals surface area contributed by atoms with Crippen molar-refractivity contribution in [1.29, 1.82) is 0 Å². The molecule has 0 aromatic heterocycles. The van der Waals surface area contributed by atoms with E-state index in [4.69, 9.17) is 16.7 Å². The smallest absolute Gasteiger partial charge is 0.337 e. The van der Waals surface area contributed by atoms with Crippen LogP contribution in [0.3, 0.4) is 0 Å². The Morgan fingerprint density at radius 2 is 2.00 bits per heavy atom. The van der Waals surface area contributed by atoms with Crippen LogP contribution in [-0.2, 0) is 6.54 Å². The number of benzene rings is 2. The van der Waals surface area contributed by atoms with Crippen LogP contribution in [0.25, 0.3) is 0 Å². The second-order valence-corrected chi connectivity index (χ2v) is 4.67. The molecule has 2 aromatic carbocycles. The molecule has 0 amide bonds. The third-order valence-electron chi connectivity index (χ3n) is 2.87. The Morgan fingerprint density at radius 1 is 1.29 bits per heavy atom. The normalized spacial score (nSPS) is 10.1. The van der Waals surface area contributed by atoms with Gasteiger partial charge in [0, 0.05) is 28.9 Å². The lowest BCUT2D eigenvalue weighted by Crippen LogP contribution is -2.07. The van der Waals surface area contributed by atoms with E-state index in [0.717, 1.165) is 0 Å². The second kappa shape index (κ2) is 6.23. The Bertz CT molecular complexity index is 703. The highest BCUT2D eigenvalue weighted by Crippen LogP contribution is 2.23. The Kier molecular flexibility index (Phi) is 4.39. The topological polar surface area (TPSA) is 92.5 Å². The highest BCUT2D eigenvalue weighted by Gasteiger charge is 2.14. The summed E-state index contributed by atoms with van der Waals surface area (Å²) >= 11 is 5.76. The minimum atomic E-state index is -1.12. The van der Waals surface area contributed by atoms with Crippen LogP contribution in [-0.4, -0.2) is 16.0 Å². The molecule has 21 heavy (non-hydrogen) atoms. The molecular formula is C14H11ClN2O4. The number of anilines is 1. The molecule has 0 aliphatic heterocycles. The fourth-order valence-electron chi connectivity index (χ4n) is 1.88. The molecule has 0 fully saturated rings. The number of nitro benzene ring substituents is 1. The monoisotopic (exact) mass is 306 g/mol. The Hall–Kier alpha value is -2.60. The highest BCUT2D eigenvalue weighted by atomic mass is 35.5. The fourth-order valence-corrected chi connectivity index (χ4v) is 2.05. The van der Waals surface area contributed by atoms with E-state index in [1.54, 1.807) is 24.3 Å². The molecule has 108 valence electrons. The van der Waals surface area contributed by atoms with Gasteiger partial charge in [-0.25, -0.2) is 4.79 Å². The molecule has 0 aliphatic carbocycles. The van der Waals surface area contributed by atoms with E-state index in [9.17, 15) is 14.9 Å². The third kappa shape index (κ3) is 3.49. The van der Waals surface area contributed by atoms with Gasteiger partial charge in [0.2, 0.25) is 0 Å². The lowest BCUT2D eigenvalue weighted by atomic mass is 10.1. The summed E-state index contributed by atoms with van der Waals surface area (Å²) in [6.45, 7) is 0.138. The van der Waals surface area contributed by atoms with Gasteiger partial charge in [-0.1, -0.05) is 29.8 Å². The van der Waals surface area contributed by atoms with Gasteiger partial charge in [-0.2, -0.15) is 0 Å². The third-order valence-corrected chi connectivity index (χ3v) is 3.10. The molecule has 0 saturated heterocycles. The van der Waals surface area contributed by atoms with E-state index in [2.05, 4.69) is 5.32 Å². The van der Waals surface area contributed by atoms with Crippen molar-refractivity contribution in [2.45, 2.75) is 6.54 Å². The SMILES string of the molecule is O=C(O)c1cc(Cl)ccc1NCc1ccccc1[N+](=O)[O-]. The molecule has 0 aliphatic rings. The summed E-state index contributed by atoms with van der Waals surface area (Å²) in [6.07, 6.45) is 0. The average molecular weight is 307 g/mol. The Balaban J connectivity index is 2.25. The van der Waals surface area contributed by atoms with E-state index in [0.29, 0.717) is 16.3 Å². The van der Waals surface area contributed by atoms with Crippen LogP contribution >= 0.6 is 11.6 Å². The Labute approximate surface area is 125 Å². The van der Waals surface area contributed by atoms with E-state index >= 15 is 0 Å². The molecule has 0 atom stereocenters. The standard InChI is InChI=1S/C14H11ClN2O4/c15-10-5-6-12(11(7-10)14(18)19)16-8-9-3-1-2-4-13(9)17(20)21/h1-7,16H,8H2,(H,18,19). The number of nitro groups is 1. The van der Waals surface area contributed by atoms with Crippen molar-refractivity contribution in [2.24, 2.45) is 0 Å². The quantitative estimate of drug-likeness (QED) is 0.651. The molecule has 0 heterocycles. The van der Waals surface area contributed by atoms with Crippen LogP contribution in [0.1, 0.15) is 15.9 Å². The van der Waals surface area contributed by atoms with Crippen molar-refractivity contribution in [1.82, 2.24) is 0 Å². The molecule has 2 N–H and O–H groups in total. The van der Waals surface area contributed by atoms with Crippen LogP contribution in [0.4, 0.5) is 11.4 Å². The highest BCUT2D eigenvalue weighted by molar-refractivity contribution is 6.31. The van der Waals surface area contributed by atoms with Gasteiger partial charge in [-0.15, -0.1) is 0 Å². The zero-order valence-electron chi connectivity index (χ0n) is 10.7. The van der Waals surface area contributed by atoms with Gasteiger partial charge in [0.25, 0.3) is 5.69 Å². The maximum Gasteiger partial charge on any atom is 0.337 e. The second-order valence-electron chi connectivity index (χ2n) is 4.23. The number of para-hydroxylation sites is 1. The molecule has 0 saturated carbocycles. The van der Waals surface area contributed by atoms with Gasteiger partial charge in [0.15, 0.2) is 0 Å². The number of rotatable bonds is 5. The summed E-state index contributed by atoms with van der Waals surface area (Å²) < 4.78 is 0. The summed E-state index contributed by atoms with van der Waals surface area (Å²) in [7, 11) is 0. The number of hydrogen-bond acceptors (Lipinski definition) is 4. The van der Waals surface area contributed by atoms with E-state index < -0.39 is 10.9 Å². The molecule has 0 bridgehead atoms. The van der Waals surface area contributed by atoms with Crippen molar-refractivity contribution in [2.75, 3.05) is 5.32 Å². The molecular weight excluding hydrogens is 296 g/mol. The lowest BCUT2D eigenvalue weighted by Gasteiger charge is -2.10. The molecule has 0 unspecified atom stereocenters. The predicted molar refractivity (Wildman–Crippen MR) is 78.8 cm³/mol. The lowest BCUT2D eigenvalue weighted by molar-refractivity contribution is -0.385. The molecule has 0 radical (unpaired) electrons. The maximum atomic E-state index is 11.2. The van der Waals surface area contributed by atoms with Gasteiger partial charge >= 0.3 is 5.97 Å². The summed E-state index contributed by atoms with van der Waals surface area (Å²) in [5.74, 6) is -1.12.